The van der Waals surface area contributed by atoms with Crippen LogP contribution < -0.4 is 10.8 Å². The number of carbonyl (C=O) groups is 1. The van der Waals surface area contributed by atoms with Crippen LogP contribution in [0.5, 0.6) is 0 Å². The van der Waals surface area contributed by atoms with E-state index in [1.54, 1.807) is 7.05 Å². The van der Waals surface area contributed by atoms with E-state index in [9.17, 15) is 14.9 Å². The van der Waals surface area contributed by atoms with Gasteiger partial charge in [0.05, 0.1) is 28.8 Å². The van der Waals surface area contributed by atoms with Gasteiger partial charge in [-0.15, -0.1) is 0 Å². The van der Waals surface area contributed by atoms with Crippen molar-refractivity contribution in [3.63, 3.8) is 0 Å². The van der Waals surface area contributed by atoms with Crippen LogP contribution in [0.15, 0.2) is 12.1 Å². The molecule has 0 radical (unpaired) electrons. The quantitative estimate of drug-likeness (QED) is 0.387. The van der Waals surface area contributed by atoms with Crippen LogP contribution in [0.3, 0.4) is 0 Å². The number of hydrogen-bond acceptors (Lipinski definition) is 7. The predicted octanol–water partition coefficient (Wildman–Crippen LogP) is 1.72. The Balaban J connectivity index is 2.62. The second kappa shape index (κ2) is 6.06. The van der Waals surface area contributed by atoms with Crippen LogP contribution in [0.1, 0.15) is 38.1 Å². The van der Waals surface area contributed by atoms with Crippen LogP contribution in [-0.4, -0.2) is 43.4 Å². The Bertz CT molecular complexity index is 673. The number of carbonyl (C=O) groups excluding carboxylic acids is 1. The third kappa shape index (κ3) is 2.96. The normalized spacial score (nSPS) is 18.3. The van der Waals surface area contributed by atoms with Gasteiger partial charge in [-0.3, -0.25) is 10.1 Å². The van der Waals surface area contributed by atoms with Gasteiger partial charge in [0.25, 0.3) is 5.69 Å². The SMILES string of the molecule is CNc1c(B2OC(C)(C)C(C)(C)O2)cc(C(=O)OC)cc1[N+](=O)[O-]. The van der Waals surface area contributed by atoms with E-state index in [-0.39, 0.29) is 16.9 Å². The molecule has 130 valence electrons. The highest BCUT2D eigenvalue weighted by Crippen LogP contribution is 2.38. The Labute approximate surface area is 140 Å². The first-order chi connectivity index (χ1) is 11.0. The number of nitro benzene ring substituents is 1. The summed E-state index contributed by atoms with van der Waals surface area (Å²) >= 11 is 0. The first-order valence-electron chi connectivity index (χ1n) is 7.48. The standard InChI is InChI=1S/C15H21BN2O6/c1-14(2)15(3,4)24-16(23-14)10-7-9(13(19)22-6)8-11(18(20)21)12(10)17-5/h7-8,17H,1-6H3. The number of nitro groups is 1. The fourth-order valence-corrected chi connectivity index (χ4v) is 2.46. The number of hydrogen-bond donors (Lipinski definition) is 1. The molecule has 24 heavy (non-hydrogen) atoms. The molecule has 1 heterocycles. The fraction of sp³-hybridized carbons (Fsp3) is 0.533. The average Bonchev–Trinajstić information content (AvgIpc) is 2.72. The Morgan fingerprint density at radius 1 is 1.25 bits per heavy atom. The number of rotatable bonds is 4. The molecule has 1 N–H and O–H groups in total. The smallest absolute Gasteiger partial charge is 0.465 e. The maximum absolute atomic E-state index is 11.9. The summed E-state index contributed by atoms with van der Waals surface area (Å²) in [7, 11) is 1.93. The maximum atomic E-state index is 11.9. The lowest BCUT2D eigenvalue weighted by atomic mass is 9.76. The monoisotopic (exact) mass is 336 g/mol. The van der Waals surface area contributed by atoms with Crippen molar-refractivity contribution >= 4 is 29.9 Å². The summed E-state index contributed by atoms with van der Waals surface area (Å²) in [6.07, 6.45) is 0. The molecule has 0 bridgehead atoms. The van der Waals surface area contributed by atoms with Crippen molar-refractivity contribution in [2.24, 2.45) is 0 Å². The molecule has 9 heteroatoms. The number of methoxy groups -OCH3 is 1. The van der Waals surface area contributed by atoms with Gasteiger partial charge in [-0.05, 0) is 33.8 Å². The molecule has 1 fully saturated rings. The highest BCUT2D eigenvalue weighted by atomic mass is 16.7. The van der Waals surface area contributed by atoms with Gasteiger partial charge in [0.1, 0.15) is 5.69 Å². The van der Waals surface area contributed by atoms with Gasteiger partial charge in [-0.25, -0.2) is 4.79 Å². The van der Waals surface area contributed by atoms with Gasteiger partial charge in [-0.1, -0.05) is 0 Å². The zero-order valence-corrected chi connectivity index (χ0v) is 14.6. The molecule has 2 rings (SSSR count). The topological polar surface area (TPSA) is 99.9 Å². The largest absolute Gasteiger partial charge is 0.497 e. The van der Waals surface area contributed by atoms with Crippen molar-refractivity contribution in [2.75, 3.05) is 19.5 Å². The zero-order chi connectivity index (χ0) is 18.3. The third-order valence-electron chi connectivity index (χ3n) is 4.52. The summed E-state index contributed by atoms with van der Waals surface area (Å²) in [5.74, 6) is -0.668. The Kier molecular flexibility index (Phi) is 4.60. The lowest BCUT2D eigenvalue weighted by Crippen LogP contribution is -2.41. The number of benzene rings is 1. The van der Waals surface area contributed by atoms with Crippen molar-refractivity contribution in [2.45, 2.75) is 38.9 Å². The highest BCUT2D eigenvalue weighted by molar-refractivity contribution is 6.64. The van der Waals surface area contributed by atoms with E-state index in [0.717, 1.165) is 0 Å². The molecule has 0 spiro atoms. The molecular formula is C15H21BN2O6. The predicted molar refractivity (Wildman–Crippen MR) is 89.7 cm³/mol. The van der Waals surface area contributed by atoms with Gasteiger partial charge >= 0.3 is 13.1 Å². The van der Waals surface area contributed by atoms with Crippen LogP contribution >= 0.6 is 0 Å². The number of ether oxygens (including phenoxy) is 1. The fourth-order valence-electron chi connectivity index (χ4n) is 2.46. The van der Waals surface area contributed by atoms with E-state index in [0.29, 0.717) is 5.46 Å². The summed E-state index contributed by atoms with van der Waals surface area (Å²) in [4.78, 5) is 22.7. The lowest BCUT2D eigenvalue weighted by Gasteiger charge is -2.32. The molecule has 0 aliphatic carbocycles. The first kappa shape index (κ1) is 18.2. The van der Waals surface area contributed by atoms with E-state index < -0.39 is 29.2 Å². The van der Waals surface area contributed by atoms with Crippen LogP contribution in [0.2, 0.25) is 0 Å². The van der Waals surface area contributed by atoms with Crippen molar-refractivity contribution in [1.82, 2.24) is 0 Å². The van der Waals surface area contributed by atoms with E-state index in [1.807, 2.05) is 27.7 Å². The molecule has 1 aromatic rings. The molecule has 1 saturated heterocycles. The maximum Gasteiger partial charge on any atom is 0.497 e. The number of nitrogens with zero attached hydrogens (tertiary/aromatic N) is 1. The summed E-state index contributed by atoms with van der Waals surface area (Å²) in [6, 6.07) is 2.67. The van der Waals surface area contributed by atoms with Gasteiger partial charge in [-0.2, -0.15) is 0 Å². The lowest BCUT2D eigenvalue weighted by molar-refractivity contribution is -0.383. The number of anilines is 1. The molecule has 1 aromatic carbocycles. The van der Waals surface area contributed by atoms with E-state index in [2.05, 4.69) is 10.1 Å². The second-order valence-electron chi connectivity index (χ2n) is 6.55. The van der Waals surface area contributed by atoms with Crippen molar-refractivity contribution < 1.29 is 23.8 Å². The van der Waals surface area contributed by atoms with Gasteiger partial charge in [0, 0.05) is 18.6 Å². The summed E-state index contributed by atoms with van der Waals surface area (Å²) in [5, 5.41) is 14.2. The van der Waals surface area contributed by atoms with E-state index in [1.165, 1.54) is 19.2 Å². The zero-order valence-electron chi connectivity index (χ0n) is 14.6. The average molecular weight is 336 g/mol. The Hall–Kier alpha value is -2.13. The Morgan fingerprint density at radius 2 is 1.79 bits per heavy atom. The van der Waals surface area contributed by atoms with Crippen molar-refractivity contribution in [3.05, 3.63) is 27.8 Å². The minimum Gasteiger partial charge on any atom is -0.465 e. The third-order valence-corrected chi connectivity index (χ3v) is 4.52. The molecule has 0 saturated carbocycles. The summed E-state index contributed by atoms with van der Waals surface area (Å²) in [6.45, 7) is 7.52. The van der Waals surface area contributed by atoms with Crippen LogP contribution in [0, 0.1) is 10.1 Å². The van der Waals surface area contributed by atoms with Gasteiger partial charge < -0.3 is 19.4 Å². The van der Waals surface area contributed by atoms with Gasteiger partial charge in [0.2, 0.25) is 0 Å². The van der Waals surface area contributed by atoms with E-state index in [4.69, 9.17) is 9.31 Å². The molecular weight excluding hydrogens is 315 g/mol. The van der Waals surface area contributed by atoms with Crippen LogP contribution in [-0.2, 0) is 14.0 Å². The number of nitrogens with one attached hydrogen (secondary N) is 1. The van der Waals surface area contributed by atoms with Crippen LogP contribution in [0.4, 0.5) is 11.4 Å². The van der Waals surface area contributed by atoms with E-state index >= 15 is 0 Å². The minimum absolute atomic E-state index is 0.0629. The van der Waals surface area contributed by atoms with Crippen molar-refractivity contribution in [3.8, 4) is 0 Å². The second-order valence-corrected chi connectivity index (χ2v) is 6.55. The molecule has 1 aliphatic heterocycles. The summed E-state index contributed by atoms with van der Waals surface area (Å²) in [5.41, 5.74) is -0.785. The molecule has 1 aliphatic rings. The Morgan fingerprint density at radius 3 is 2.21 bits per heavy atom. The highest BCUT2D eigenvalue weighted by Gasteiger charge is 2.53. The molecule has 0 atom stereocenters. The molecule has 0 unspecified atom stereocenters. The first-order valence-corrected chi connectivity index (χ1v) is 7.48. The van der Waals surface area contributed by atoms with Gasteiger partial charge in [0.15, 0.2) is 0 Å². The number of esters is 1. The molecule has 0 amide bonds. The minimum atomic E-state index is -0.847. The summed E-state index contributed by atoms with van der Waals surface area (Å²) < 4.78 is 16.6. The van der Waals surface area contributed by atoms with Crippen LogP contribution in [0.25, 0.3) is 0 Å². The molecule has 8 nitrogen and oxygen atoms in total. The molecule has 0 aromatic heterocycles. The van der Waals surface area contributed by atoms with Crippen molar-refractivity contribution in [1.29, 1.82) is 0 Å².